The Balaban J connectivity index is 2.48. The molecular weight excluding hydrogens is 144 g/mol. The average molecular weight is 149 g/mol. The topological polar surface area (TPSA) is 13.1 Å². The van der Waals surface area contributed by atoms with Crippen molar-refractivity contribution in [2.45, 2.75) is 0 Å². The van der Waals surface area contributed by atoms with E-state index >= 15 is 0 Å². The first-order valence-corrected chi connectivity index (χ1v) is 3.82. The van der Waals surface area contributed by atoms with E-state index in [1.807, 2.05) is 17.5 Å². The van der Waals surface area contributed by atoms with Crippen molar-refractivity contribution >= 4 is 11.3 Å². The van der Waals surface area contributed by atoms with E-state index in [1.54, 1.807) is 23.9 Å². The molecule has 0 aliphatic rings. The summed E-state index contributed by atoms with van der Waals surface area (Å²) in [6.07, 6.45) is 3.41. The van der Waals surface area contributed by atoms with Gasteiger partial charge in [0, 0.05) is 10.9 Å². The number of hydrogen-bond acceptors (Lipinski definition) is 2. The maximum atomic E-state index is 4.93. The lowest BCUT2D eigenvalue weighted by molar-refractivity contribution is 0.568. The van der Waals surface area contributed by atoms with Crippen molar-refractivity contribution in [1.29, 1.82) is 0 Å². The highest BCUT2D eigenvalue weighted by Crippen LogP contribution is 2.21. The van der Waals surface area contributed by atoms with Gasteiger partial charge in [0.2, 0.25) is 0 Å². The molecule has 0 bridgehead atoms. The highest BCUT2D eigenvalue weighted by Gasteiger charge is 1.96. The van der Waals surface area contributed by atoms with E-state index in [0.717, 1.165) is 5.56 Å². The molecule has 0 atom stereocenters. The third-order valence-corrected chi connectivity index (χ3v) is 1.95. The molecule has 2 heterocycles. The lowest BCUT2D eigenvalue weighted by atomic mass is 10.2. The molecule has 0 N–H and O–H groups in total. The molecule has 0 amide bonds. The Morgan fingerprint density at radius 2 is 2.40 bits per heavy atom. The normalized spacial score (nSPS) is 10.0. The molecule has 0 aliphatic heterocycles. The van der Waals surface area contributed by atoms with Crippen molar-refractivity contribution in [1.82, 2.24) is 0 Å². The van der Waals surface area contributed by atoms with Crippen LogP contribution in [-0.2, 0) is 0 Å². The summed E-state index contributed by atoms with van der Waals surface area (Å²) >= 11 is 1.57. The van der Waals surface area contributed by atoms with E-state index in [2.05, 4.69) is 5.38 Å². The first kappa shape index (κ1) is 5.74. The third kappa shape index (κ3) is 0.866. The summed E-state index contributed by atoms with van der Waals surface area (Å²) in [6, 6.07) is 3.89. The lowest BCUT2D eigenvalue weighted by Gasteiger charge is -1.84. The Morgan fingerprint density at radius 1 is 1.40 bits per heavy atom. The molecule has 10 heavy (non-hydrogen) atoms. The van der Waals surface area contributed by atoms with Crippen LogP contribution in [0.4, 0.5) is 0 Å². The standard InChI is InChI=1S/C8H5OS/c1-3-9-5-7(1)8-2-4-10-6-8/h1-3,5-6H. The molecule has 2 aromatic heterocycles. The molecule has 1 nitrogen and oxygen atoms in total. The summed E-state index contributed by atoms with van der Waals surface area (Å²) < 4.78 is 4.93. The molecule has 1 radical (unpaired) electrons. The van der Waals surface area contributed by atoms with Gasteiger partial charge < -0.3 is 4.42 Å². The van der Waals surface area contributed by atoms with Crippen LogP contribution in [0.25, 0.3) is 11.1 Å². The Labute approximate surface area is 62.9 Å². The zero-order chi connectivity index (χ0) is 6.81. The van der Waals surface area contributed by atoms with Gasteiger partial charge in [0.05, 0.1) is 12.5 Å². The van der Waals surface area contributed by atoms with E-state index in [0.29, 0.717) is 0 Å². The van der Waals surface area contributed by atoms with E-state index in [9.17, 15) is 0 Å². The van der Waals surface area contributed by atoms with Crippen molar-refractivity contribution in [3.05, 3.63) is 35.4 Å². The fourth-order valence-corrected chi connectivity index (χ4v) is 1.40. The maximum absolute atomic E-state index is 4.93. The molecule has 0 aromatic carbocycles. The van der Waals surface area contributed by atoms with Crippen LogP contribution in [0.15, 0.2) is 34.5 Å². The van der Waals surface area contributed by atoms with Gasteiger partial charge in [0.25, 0.3) is 0 Å². The maximum Gasteiger partial charge on any atom is 0.0981 e. The third-order valence-electron chi connectivity index (χ3n) is 1.32. The molecule has 2 aromatic rings. The highest BCUT2D eigenvalue weighted by atomic mass is 32.1. The van der Waals surface area contributed by atoms with Gasteiger partial charge in [-0.15, -0.1) is 11.3 Å². The predicted octanol–water partition coefficient (Wildman–Crippen LogP) is 2.81. The fraction of sp³-hybridized carbons (Fsp3) is 0. The Kier molecular flexibility index (Phi) is 1.32. The zero-order valence-electron chi connectivity index (χ0n) is 5.20. The second-order valence-corrected chi connectivity index (χ2v) is 2.67. The largest absolute Gasteiger partial charge is 0.472 e. The average Bonchev–Trinajstić information content (AvgIpc) is 2.59. The van der Waals surface area contributed by atoms with Gasteiger partial charge in [0.15, 0.2) is 0 Å². The van der Waals surface area contributed by atoms with E-state index in [4.69, 9.17) is 4.42 Å². The van der Waals surface area contributed by atoms with Crippen LogP contribution < -0.4 is 0 Å². The predicted molar refractivity (Wildman–Crippen MR) is 40.9 cm³/mol. The fourth-order valence-electron chi connectivity index (χ4n) is 0.809. The van der Waals surface area contributed by atoms with Gasteiger partial charge in [-0.2, -0.15) is 0 Å². The van der Waals surface area contributed by atoms with Gasteiger partial charge in [-0.1, -0.05) is 0 Å². The van der Waals surface area contributed by atoms with Crippen molar-refractivity contribution in [2.75, 3.05) is 0 Å². The molecule has 0 fully saturated rings. The van der Waals surface area contributed by atoms with Crippen molar-refractivity contribution in [2.24, 2.45) is 0 Å². The first-order valence-electron chi connectivity index (χ1n) is 2.94. The van der Waals surface area contributed by atoms with E-state index < -0.39 is 0 Å². The Bertz CT molecular complexity index is 249. The van der Waals surface area contributed by atoms with Gasteiger partial charge in [0.1, 0.15) is 0 Å². The summed E-state index contributed by atoms with van der Waals surface area (Å²) in [4.78, 5) is 0. The molecule has 0 spiro atoms. The minimum absolute atomic E-state index is 1.12. The summed E-state index contributed by atoms with van der Waals surface area (Å²) in [6.45, 7) is 0. The highest BCUT2D eigenvalue weighted by molar-refractivity contribution is 7.07. The number of hydrogen-bond donors (Lipinski definition) is 0. The zero-order valence-corrected chi connectivity index (χ0v) is 6.02. The van der Waals surface area contributed by atoms with Gasteiger partial charge in [-0.3, -0.25) is 0 Å². The molecule has 0 saturated heterocycles. The van der Waals surface area contributed by atoms with Crippen LogP contribution in [0.2, 0.25) is 0 Å². The van der Waals surface area contributed by atoms with Crippen molar-refractivity contribution in [3.8, 4) is 11.1 Å². The second kappa shape index (κ2) is 2.31. The van der Waals surface area contributed by atoms with E-state index in [-0.39, 0.29) is 0 Å². The van der Waals surface area contributed by atoms with Gasteiger partial charge in [-0.25, -0.2) is 0 Å². The quantitative estimate of drug-likeness (QED) is 0.607. The molecule has 2 rings (SSSR count). The van der Waals surface area contributed by atoms with Gasteiger partial charge in [-0.05, 0) is 23.1 Å². The van der Waals surface area contributed by atoms with Crippen molar-refractivity contribution in [3.63, 3.8) is 0 Å². The molecule has 49 valence electrons. The van der Waals surface area contributed by atoms with Crippen LogP contribution in [0, 0.1) is 5.38 Å². The number of thiophene rings is 1. The smallest absolute Gasteiger partial charge is 0.0981 e. The van der Waals surface area contributed by atoms with E-state index in [1.165, 1.54) is 5.56 Å². The van der Waals surface area contributed by atoms with Gasteiger partial charge >= 0.3 is 0 Å². The lowest BCUT2D eigenvalue weighted by Crippen LogP contribution is -1.61. The first-order chi connectivity index (χ1) is 4.97. The minimum atomic E-state index is 1.12. The molecule has 2 heteroatoms. The summed E-state index contributed by atoms with van der Waals surface area (Å²) in [5, 5.41) is 5.06. The SMILES string of the molecule is [c]1cc(-c2ccoc2)cs1. The summed E-state index contributed by atoms with van der Waals surface area (Å²) in [7, 11) is 0. The molecule has 0 aliphatic carbocycles. The minimum Gasteiger partial charge on any atom is -0.472 e. The summed E-state index contributed by atoms with van der Waals surface area (Å²) in [5.74, 6) is 0. The molecular formula is C8H5OS. The van der Waals surface area contributed by atoms with Crippen LogP contribution in [0.3, 0.4) is 0 Å². The van der Waals surface area contributed by atoms with Crippen LogP contribution in [-0.4, -0.2) is 0 Å². The summed E-state index contributed by atoms with van der Waals surface area (Å²) in [5.41, 5.74) is 2.30. The Hall–Kier alpha value is -1.02. The Morgan fingerprint density at radius 3 is 3.00 bits per heavy atom. The molecule has 0 unspecified atom stereocenters. The monoisotopic (exact) mass is 149 g/mol. The van der Waals surface area contributed by atoms with Crippen LogP contribution in [0.1, 0.15) is 0 Å². The number of rotatable bonds is 1. The van der Waals surface area contributed by atoms with Crippen LogP contribution in [0.5, 0.6) is 0 Å². The number of furan rings is 1. The van der Waals surface area contributed by atoms with Crippen LogP contribution >= 0.6 is 11.3 Å². The second-order valence-electron chi connectivity index (χ2n) is 1.97. The molecule has 0 saturated carbocycles. The van der Waals surface area contributed by atoms with Crippen molar-refractivity contribution < 1.29 is 4.42 Å².